The Balaban J connectivity index is 1.84. The normalized spacial score (nSPS) is 34.8. The number of hydrogen-bond donors (Lipinski definition) is 2. The number of nitrogens with one attached hydrogen (secondary N) is 1. The molecule has 2 atom stereocenters. The molecule has 2 aliphatic heterocycles. The molecule has 0 aromatic rings. The second-order valence-electron chi connectivity index (χ2n) is 4.50. The van der Waals surface area contributed by atoms with Crippen molar-refractivity contribution in [2.75, 3.05) is 32.8 Å². The first kappa shape index (κ1) is 11.3. The number of nitrogens with zero attached hydrogens (tertiary/aromatic N) is 1. The highest BCUT2D eigenvalue weighted by Gasteiger charge is 2.35. The summed E-state index contributed by atoms with van der Waals surface area (Å²) < 4.78 is 5.53. The first-order chi connectivity index (χ1) is 7.31. The molecule has 0 spiro atoms. The average molecular weight is 214 g/mol. The Morgan fingerprint density at radius 1 is 1.33 bits per heavy atom. The van der Waals surface area contributed by atoms with E-state index in [4.69, 9.17) is 4.74 Å². The van der Waals surface area contributed by atoms with Gasteiger partial charge < -0.3 is 15.2 Å². The van der Waals surface area contributed by atoms with Gasteiger partial charge in [0, 0.05) is 25.7 Å². The predicted octanol–water partition coefficient (Wildman–Crippen LogP) is -0.180. The summed E-state index contributed by atoms with van der Waals surface area (Å²) in [6, 6.07) is 0.645. The number of piperidine rings is 1. The van der Waals surface area contributed by atoms with Gasteiger partial charge in [-0.25, -0.2) is 0 Å². The molecule has 2 saturated heterocycles. The van der Waals surface area contributed by atoms with Crippen molar-refractivity contribution in [1.29, 1.82) is 0 Å². The predicted molar refractivity (Wildman–Crippen MR) is 58.9 cm³/mol. The second kappa shape index (κ2) is 5.25. The van der Waals surface area contributed by atoms with Gasteiger partial charge in [-0.2, -0.15) is 0 Å². The summed E-state index contributed by atoms with van der Waals surface area (Å²) in [7, 11) is 0. The van der Waals surface area contributed by atoms with Crippen LogP contribution in [-0.4, -0.2) is 61.0 Å². The monoisotopic (exact) mass is 214 g/mol. The molecule has 15 heavy (non-hydrogen) atoms. The highest BCUT2D eigenvalue weighted by atomic mass is 16.5. The van der Waals surface area contributed by atoms with Crippen molar-refractivity contribution in [2.24, 2.45) is 0 Å². The lowest BCUT2D eigenvalue weighted by Crippen LogP contribution is -2.42. The summed E-state index contributed by atoms with van der Waals surface area (Å²) in [5.74, 6) is 0. The number of hydrogen-bond acceptors (Lipinski definition) is 4. The van der Waals surface area contributed by atoms with Gasteiger partial charge in [0.2, 0.25) is 0 Å². The third kappa shape index (κ3) is 2.69. The molecule has 2 rings (SSSR count). The Morgan fingerprint density at radius 3 is 2.73 bits per heavy atom. The highest BCUT2D eigenvalue weighted by Crippen LogP contribution is 2.20. The summed E-state index contributed by atoms with van der Waals surface area (Å²) in [5, 5.41) is 13.2. The van der Waals surface area contributed by atoms with Crippen LogP contribution in [0, 0.1) is 0 Å². The van der Waals surface area contributed by atoms with Crippen LogP contribution in [-0.2, 0) is 4.74 Å². The van der Waals surface area contributed by atoms with Crippen LogP contribution in [0.2, 0.25) is 0 Å². The molecule has 4 heteroatoms. The minimum atomic E-state index is -0.292. The zero-order chi connectivity index (χ0) is 10.7. The summed E-state index contributed by atoms with van der Waals surface area (Å²) in [5.41, 5.74) is 0. The van der Waals surface area contributed by atoms with Crippen molar-refractivity contribution in [3.05, 3.63) is 0 Å². The summed E-state index contributed by atoms with van der Waals surface area (Å²) >= 11 is 0. The van der Waals surface area contributed by atoms with Crippen LogP contribution in [0.15, 0.2) is 0 Å². The van der Waals surface area contributed by atoms with E-state index in [0.29, 0.717) is 12.6 Å². The Kier molecular flexibility index (Phi) is 3.97. The SMILES string of the molecule is CCO[C@@H]1CN(C2CCNCC2)C[C@@H]1O. The maximum atomic E-state index is 9.84. The van der Waals surface area contributed by atoms with Crippen LogP contribution in [0.1, 0.15) is 19.8 Å². The fourth-order valence-corrected chi connectivity index (χ4v) is 2.63. The minimum Gasteiger partial charge on any atom is -0.389 e. The zero-order valence-corrected chi connectivity index (χ0v) is 9.48. The van der Waals surface area contributed by atoms with Crippen molar-refractivity contribution >= 4 is 0 Å². The number of β-amino-alcohol motifs (C(OH)–C–C–N with tert-alkyl or cyclic N) is 1. The fourth-order valence-electron chi connectivity index (χ4n) is 2.63. The molecule has 2 N–H and O–H groups in total. The van der Waals surface area contributed by atoms with E-state index >= 15 is 0 Å². The van der Waals surface area contributed by atoms with E-state index in [1.54, 1.807) is 0 Å². The molecule has 0 aromatic carbocycles. The number of likely N-dealkylation sites (tertiary alicyclic amines) is 1. The zero-order valence-electron chi connectivity index (χ0n) is 9.48. The molecule has 0 amide bonds. The second-order valence-corrected chi connectivity index (χ2v) is 4.50. The Hall–Kier alpha value is -0.160. The van der Waals surface area contributed by atoms with Crippen LogP contribution >= 0.6 is 0 Å². The molecule has 0 saturated carbocycles. The van der Waals surface area contributed by atoms with Crippen LogP contribution < -0.4 is 5.32 Å². The van der Waals surface area contributed by atoms with E-state index in [1.165, 1.54) is 12.8 Å². The van der Waals surface area contributed by atoms with E-state index < -0.39 is 0 Å². The summed E-state index contributed by atoms with van der Waals surface area (Å²) in [6.45, 7) is 6.59. The molecule has 0 bridgehead atoms. The molecule has 0 aromatic heterocycles. The molecular formula is C11H22N2O2. The van der Waals surface area contributed by atoms with E-state index in [-0.39, 0.29) is 12.2 Å². The van der Waals surface area contributed by atoms with Crippen LogP contribution in [0.5, 0.6) is 0 Å². The summed E-state index contributed by atoms with van der Waals surface area (Å²) in [4.78, 5) is 2.39. The third-order valence-electron chi connectivity index (χ3n) is 3.47. The maximum Gasteiger partial charge on any atom is 0.0972 e. The fraction of sp³-hybridized carbons (Fsp3) is 1.00. The largest absolute Gasteiger partial charge is 0.389 e. The number of rotatable bonds is 3. The van der Waals surface area contributed by atoms with Gasteiger partial charge in [0.25, 0.3) is 0 Å². The van der Waals surface area contributed by atoms with Gasteiger partial charge in [-0.15, -0.1) is 0 Å². The Labute approximate surface area is 91.6 Å². The van der Waals surface area contributed by atoms with Gasteiger partial charge in [0.1, 0.15) is 0 Å². The lowest BCUT2D eigenvalue weighted by atomic mass is 10.1. The summed E-state index contributed by atoms with van der Waals surface area (Å²) in [6.07, 6.45) is 2.14. The number of ether oxygens (including phenoxy) is 1. The highest BCUT2D eigenvalue weighted by molar-refractivity contribution is 4.90. The molecule has 88 valence electrons. The van der Waals surface area contributed by atoms with Gasteiger partial charge in [0.05, 0.1) is 12.2 Å². The van der Waals surface area contributed by atoms with Crippen LogP contribution in [0.3, 0.4) is 0 Å². The Bertz CT molecular complexity index is 195. The lowest BCUT2D eigenvalue weighted by molar-refractivity contribution is -0.00268. The van der Waals surface area contributed by atoms with Crippen LogP contribution in [0.4, 0.5) is 0 Å². The first-order valence-electron chi connectivity index (χ1n) is 6.05. The van der Waals surface area contributed by atoms with Crippen molar-refractivity contribution in [3.63, 3.8) is 0 Å². The molecule has 0 unspecified atom stereocenters. The maximum absolute atomic E-state index is 9.84. The van der Waals surface area contributed by atoms with E-state index in [1.807, 2.05) is 6.92 Å². The van der Waals surface area contributed by atoms with Crippen molar-refractivity contribution < 1.29 is 9.84 Å². The van der Waals surface area contributed by atoms with Gasteiger partial charge in [0.15, 0.2) is 0 Å². The van der Waals surface area contributed by atoms with Crippen molar-refractivity contribution in [3.8, 4) is 0 Å². The molecule has 2 fully saturated rings. The van der Waals surface area contributed by atoms with Gasteiger partial charge in [-0.3, -0.25) is 4.90 Å². The van der Waals surface area contributed by atoms with E-state index in [9.17, 15) is 5.11 Å². The average Bonchev–Trinajstić information content (AvgIpc) is 2.63. The van der Waals surface area contributed by atoms with Crippen LogP contribution in [0.25, 0.3) is 0 Å². The molecule has 4 nitrogen and oxygen atoms in total. The first-order valence-corrected chi connectivity index (χ1v) is 6.05. The Morgan fingerprint density at radius 2 is 2.07 bits per heavy atom. The molecular weight excluding hydrogens is 192 g/mol. The molecule has 2 heterocycles. The van der Waals surface area contributed by atoms with E-state index in [0.717, 1.165) is 26.2 Å². The van der Waals surface area contributed by atoms with Gasteiger partial charge >= 0.3 is 0 Å². The van der Waals surface area contributed by atoms with Gasteiger partial charge in [-0.05, 0) is 32.9 Å². The quantitative estimate of drug-likeness (QED) is 0.684. The standard InChI is InChI=1S/C11H22N2O2/c1-2-15-11-8-13(7-10(11)14)9-3-5-12-6-4-9/h9-12,14H,2-8H2,1H3/t10-,11+/m0/s1. The molecule has 0 radical (unpaired) electrons. The van der Waals surface area contributed by atoms with E-state index in [2.05, 4.69) is 10.2 Å². The number of aliphatic hydroxyl groups excluding tert-OH is 1. The van der Waals surface area contributed by atoms with Crippen molar-refractivity contribution in [1.82, 2.24) is 10.2 Å². The molecule has 0 aliphatic carbocycles. The van der Waals surface area contributed by atoms with Crippen molar-refractivity contribution in [2.45, 2.75) is 38.0 Å². The minimum absolute atomic E-state index is 0.0323. The number of aliphatic hydroxyl groups is 1. The topological polar surface area (TPSA) is 44.7 Å². The lowest BCUT2D eigenvalue weighted by Gasteiger charge is -2.31. The smallest absolute Gasteiger partial charge is 0.0972 e. The third-order valence-corrected chi connectivity index (χ3v) is 3.47. The van der Waals surface area contributed by atoms with Gasteiger partial charge in [-0.1, -0.05) is 0 Å². The molecule has 2 aliphatic rings.